The zero-order valence-electron chi connectivity index (χ0n) is 19.7. The summed E-state index contributed by atoms with van der Waals surface area (Å²) in [6, 6.07) is 0.515. The van der Waals surface area contributed by atoms with E-state index in [1.54, 1.807) is 0 Å². The number of nitrogens with one attached hydrogen (secondary N) is 4. The maximum Gasteiger partial charge on any atom is 0.217 e. The van der Waals surface area contributed by atoms with Crippen LogP contribution in [-0.2, 0) is 10.0 Å². The first-order chi connectivity index (χ1) is 15.4. The zero-order valence-corrected chi connectivity index (χ0v) is 20.5. The minimum Gasteiger partial charge on any atom is -0.330 e. The molecule has 0 aromatic carbocycles. The molecule has 0 aromatic rings. The van der Waals surface area contributed by atoms with E-state index in [-0.39, 0.29) is 24.8 Å². The number of hydrogen-bond acceptors (Lipinski definition) is 8. The Morgan fingerprint density at radius 2 is 2.00 bits per heavy atom. The van der Waals surface area contributed by atoms with Gasteiger partial charge in [-0.25, -0.2) is 13.1 Å². The predicted octanol–water partition coefficient (Wildman–Crippen LogP) is -0.898. The van der Waals surface area contributed by atoms with E-state index in [4.69, 9.17) is 11.5 Å². The number of sulfonamides is 1. The van der Waals surface area contributed by atoms with E-state index < -0.39 is 15.3 Å². The molecule has 2 heterocycles. The number of nitrogens with two attached hydrogens (primary N) is 2. The Labute approximate surface area is 194 Å². The van der Waals surface area contributed by atoms with Gasteiger partial charge in [0.15, 0.2) is 0 Å². The maximum absolute atomic E-state index is 13.2. The number of piperidine rings is 1. The van der Waals surface area contributed by atoms with Gasteiger partial charge in [0.05, 0.1) is 6.17 Å². The van der Waals surface area contributed by atoms with Crippen molar-refractivity contribution in [2.75, 3.05) is 46.3 Å². The minimum absolute atomic E-state index is 0.0610. The second kappa shape index (κ2) is 10.5. The molecule has 10 heteroatoms. The van der Waals surface area contributed by atoms with E-state index in [2.05, 4.69) is 25.6 Å². The summed E-state index contributed by atoms with van der Waals surface area (Å²) in [5.74, 6) is 0.291. The fourth-order valence-corrected chi connectivity index (χ4v) is 7.72. The summed E-state index contributed by atoms with van der Waals surface area (Å²) in [5.41, 5.74) is 12.5. The third-order valence-electron chi connectivity index (χ3n) is 8.59. The normalized spacial score (nSPS) is 36.4. The quantitative estimate of drug-likeness (QED) is 0.241. The monoisotopic (exact) mass is 471 g/mol. The van der Waals surface area contributed by atoms with Gasteiger partial charge < -0.3 is 27.4 Å². The van der Waals surface area contributed by atoms with E-state index in [1.807, 2.05) is 7.05 Å². The number of hydrogen-bond donors (Lipinski definition) is 6. The lowest BCUT2D eigenvalue weighted by atomic mass is 9.81. The standard InChI is InChI=1S/C22H45N7O2S/c1-25-21-16(12-23)3-2-4-19(21)28-32(30,31)18(13-24)14-27-20-11-17(5-9-26-20)29-10-8-22(15-29)6-7-22/h16-21,25-28H,2-15,23-24H2,1H3. The van der Waals surface area contributed by atoms with Crippen LogP contribution in [0.3, 0.4) is 0 Å². The molecule has 0 aromatic heterocycles. The molecule has 186 valence electrons. The van der Waals surface area contributed by atoms with Crippen LogP contribution >= 0.6 is 0 Å². The second-order valence-corrected chi connectivity index (χ2v) is 12.7. The van der Waals surface area contributed by atoms with Crippen LogP contribution in [0.4, 0.5) is 0 Å². The third-order valence-corrected chi connectivity index (χ3v) is 10.5. The van der Waals surface area contributed by atoms with Crippen molar-refractivity contribution in [3.05, 3.63) is 0 Å². The fourth-order valence-electron chi connectivity index (χ4n) is 6.27. The maximum atomic E-state index is 13.2. The van der Waals surface area contributed by atoms with Crippen molar-refractivity contribution in [1.29, 1.82) is 0 Å². The Bertz CT molecular complexity index is 717. The van der Waals surface area contributed by atoms with Crippen LogP contribution in [0.25, 0.3) is 0 Å². The molecule has 4 aliphatic rings. The van der Waals surface area contributed by atoms with E-state index in [1.165, 1.54) is 38.8 Å². The van der Waals surface area contributed by atoms with E-state index in [0.717, 1.165) is 32.2 Å². The fraction of sp³-hybridized carbons (Fsp3) is 1.00. The largest absolute Gasteiger partial charge is 0.330 e. The molecule has 2 aliphatic carbocycles. The molecule has 32 heavy (non-hydrogen) atoms. The van der Waals surface area contributed by atoms with Gasteiger partial charge in [0.1, 0.15) is 5.25 Å². The Kier molecular flexibility index (Phi) is 8.14. The van der Waals surface area contributed by atoms with Gasteiger partial charge in [-0.3, -0.25) is 4.90 Å². The van der Waals surface area contributed by atoms with E-state index in [9.17, 15) is 8.42 Å². The van der Waals surface area contributed by atoms with Gasteiger partial charge in [0.2, 0.25) is 10.0 Å². The van der Waals surface area contributed by atoms with Crippen molar-refractivity contribution in [2.24, 2.45) is 22.8 Å². The summed E-state index contributed by atoms with van der Waals surface area (Å²) >= 11 is 0. The van der Waals surface area contributed by atoms with Crippen molar-refractivity contribution in [1.82, 2.24) is 25.6 Å². The molecular formula is C22H45N7O2S. The van der Waals surface area contributed by atoms with Crippen LogP contribution in [0, 0.1) is 11.3 Å². The Morgan fingerprint density at radius 3 is 2.66 bits per heavy atom. The number of rotatable bonds is 10. The molecule has 8 N–H and O–H groups in total. The van der Waals surface area contributed by atoms with Gasteiger partial charge in [-0.15, -0.1) is 0 Å². The highest BCUT2D eigenvalue weighted by atomic mass is 32.2. The first-order valence-corrected chi connectivity index (χ1v) is 14.2. The van der Waals surface area contributed by atoms with Crippen molar-refractivity contribution in [3.63, 3.8) is 0 Å². The smallest absolute Gasteiger partial charge is 0.217 e. The minimum atomic E-state index is -3.54. The summed E-state index contributed by atoms with van der Waals surface area (Å²) in [6.07, 6.45) is 9.34. The molecule has 9 nitrogen and oxygen atoms in total. The van der Waals surface area contributed by atoms with Gasteiger partial charge in [-0.1, -0.05) is 6.42 Å². The molecule has 4 rings (SSSR count). The predicted molar refractivity (Wildman–Crippen MR) is 129 cm³/mol. The van der Waals surface area contributed by atoms with Crippen LogP contribution in [0.2, 0.25) is 0 Å². The SMILES string of the molecule is CNC1C(CN)CCCC1NS(=O)(=O)C(CN)CNC1CC(N2CCC3(CC3)C2)CCN1. The molecule has 6 atom stereocenters. The first kappa shape index (κ1) is 24.8. The lowest BCUT2D eigenvalue weighted by molar-refractivity contribution is 0.156. The van der Waals surface area contributed by atoms with Gasteiger partial charge in [-0.05, 0) is 83.0 Å². The lowest BCUT2D eigenvalue weighted by Crippen LogP contribution is -2.59. The van der Waals surface area contributed by atoms with Crippen LogP contribution in [0.15, 0.2) is 0 Å². The number of nitrogens with zero attached hydrogens (tertiary/aromatic N) is 1. The highest BCUT2D eigenvalue weighted by Gasteiger charge is 2.49. The van der Waals surface area contributed by atoms with Crippen molar-refractivity contribution >= 4 is 10.0 Å². The highest BCUT2D eigenvalue weighted by molar-refractivity contribution is 7.90. The van der Waals surface area contributed by atoms with Crippen molar-refractivity contribution in [2.45, 2.75) is 80.9 Å². The Balaban J connectivity index is 1.29. The molecule has 4 fully saturated rings. The molecule has 0 bridgehead atoms. The van der Waals surface area contributed by atoms with Crippen LogP contribution in [0.5, 0.6) is 0 Å². The average Bonchev–Trinajstić information content (AvgIpc) is 3.41. The topological polar surface area (TPSA) is 138 Å². The second-order valence-electron chi connectivity index (χ2n) is 10.7. The highest BCUT2D eigenvalue weighted by Crippen LogP contribution is 2.53. The van der Waals surface area contributed by atoms with Crippen molar-refractivity contribution < 1.29 is 8.42 Å². The van der Waals surface area contributed by atoms with Gasteiger partial charge in [-0.2, -0.15) is 0 Å². The molecule has 0 amide bonds. The Hall–Kier alpha value is -0.330. The third kappa shape index (κ3) is 5.66. The summed E-state index contributed by atoms with van der Waals surface area (Å²) < 4.78 is 29.4. The van der Waals surface area contributed by atoms with Gasteiger partial charge in [0.25, 0.3) is 0 Å². The van der Waals surface area contributed by atoms with E-state index in [0.29, 0.717) is 30.5 Å². The average molecular weight is 472 g/mol. The summed E-state index contributed by atoms with van der Waals surface area (Å²) in [5, 5.41) is 9.65. The molecular weight excluding hydrogens is 426 g/mol. The lowest BCUT2D eigenvalue weighted by Gasteiger charge is -2.39. The summed E-state index contributed by atoms with van der Waals surface area (Å²) in [4.78, 5) is 2.68. The van der Waals surface area contributed by atoms with Crippen LogP contribution < -0.4 is 32.1 Å². The van der Waals surface area contributed by atoms with Gasteiger partial charge in [0, 0.05) is 37.8 Å². The van der Waals surface area contributed by atoms with E-state index >= 15 is 0 Å². The van der Waals surface area contributed by atoms with Gasteiger partial charge >= 0.3 is 0 Å². The number of likely N-dealkylation sites (N-methyl/N-ethyl adjacent to an activating group) is 1. The molecule has 1 spiro atoms. The molecule has 0 radical (unpaired) electrons. The zero-order chi connectivity index (χ0) is 22.8. The first-order valence-electron chi connectivity index (χ1n) is 12.7. The number of likely N-dealkylation sites (tertiary alicyclic amines) is 1. The van der Waals surface area contributed by atoms with Crippen LogP contribution in [0.1, 0.15) is 51.4 Å². The van der Waals surface area contributed by atoms with Crippen molar-refractivity contribution in [3.8, 4) is 0 Å². The molecule has 2 aliphatic heterocycles. The van der Waals surface area contributed by atoms with Crippen LogP contribution in [-0.4, -0.2) is 89.2 Å². The molecule has 2 saturated carbocycles. The Morgan fingerprint density at radius 1 is 1.19 bits per heavy atom. The summed E-state index contributed by atoms with van der Waals surface area (Å²) in [7, 11) is -1.65. The molecule has 2 saturated heterocycles. The molecule has 6 unspecified atom stereocenters. The summed E-state index contributed by atoms with van der Waals surface area (Å²) in [6.45, 7) is 4.47.